The van der Waals surface area contributed by atoms with Crippen molar-refractivity contribution < 1.29 is 14.7 Å². The van der Waals surface area contributed by atoms with Gasteiger partial charge in [0, 0.05) is 20.0 Å². The van der Waals surface area contributed by atoms with E-state index in [0.29, 0.717) is 10.8 Å². The van der Waals surface area contributed by atoms with Gasteiger partial charge in [-0.05, 0) is 12.1 Å². The van der Waals surface area contributed by atoms with Gasteiger partial charge in [0.15, 0.2) is 0 Å². The summed E-state index contributed by atoms with van der Waals surface area (Å²) in [5.74, 6) is -1.96. The third-order valence-electron chi connectivity index (χ3n) is 3.83. The molecule has 1 aromatic carbocycles. The molecule has 1 heterocycles. The maximum atomic E-state index is 12.3. The number of carbonyl (C=O) groups excluding carboxylic acids is 1. The number of hydrogen-bond acceptors (Lipinski definition) is 4. The number of H-pyrrole nitrogens is 1. The molecule has 1 aromatic heterocycles. The molecule has 0 saturated carbocycles. The molecule has 0 radical (unpaired) electrons. The number of nitrogens with zero attached hydrogens (tertiary/aromatic N) is 2. The molecule has 24 heavy (non-hydrogen) atoms. The van der Waals surface area contributed by atoms with Gasteiger partial charge in [-0.15, -0.1) is 0 Å². The highest BCUT2D eigenvalue weighted by Crippen LogP contribution is 2.04. The van der Waals surface area contributed by atoms with Crippen LogP contribution in [0.1, 0.15) is 13.3 Å². The summed E-state index contributed by atoms with van der Waals surface area (Å²) in [6.07, 6.45) is -0.0168. The van der Waals surface area contributed by atoms with Crippen LogP contribution < -0.4 is 11.1 Å². The quantitative estimate of drug-likeness (QED) is 0.787. The predicted octanol–water partition coefficient (Wildman–Crippen LogP) is 0.259. The number of aromatic amines is 1. The molecule has 1 unspecified atom stereocenters. The van der Waals surface area contributed by atoms with Gasteiger partial charge < -0.3 is 10.0 Å². The number of aryl methyl sites for hydroxylation is 1. The van der Waals surface area contributed by atoms with Crippen molar-refractivity contribution in [2.45, 2.75) is 19.9 Å². The molecule has 8 heteroatoms. The maximum Gasteiger partial charge on any atom is 0.308 e. The van der Waals surface area contributed by atoms with Crippen molar-refractivity contribution in [3.63, 3.8) is 0 Å². The minimum atomic E-state index is -0.982. The van der Waals surface area contributed by atoms with Crippen LogP contribution in [0.3, 0.4) is 0 Å². The Hall–Kier alpha value is -2.90. The number of hydrogen-bond donors (Lipinski definition) is 2. The van der Waals surface area contributed by atoms with E-state index in [1.165, 1.54) is 18.9 Å². The third kappa shape index (κ3) is 3.70. The number of aromatic nitrogens is 2. The molecule has 1 amide bonds. The number of fused-ring (bicyclic) bond motifs is 1. The van der Waals surface area contributed by atoms with Gasteiger partial charge in [0.25, 0.3) is 11.1 Å². The van der Waals surface area contributed by atoms with Gasteiger partial charge in [-0.2, -0.15) is 0 Å². The number of benzene rings is 1. The average molecular weight is 333 g/mol. The average Bonchev–Trinajstić information content (AvgIpc) is 2.56. The molecule has 2 aromatic rings. The smallest absolute Gasteiger partial charge is 0.308 e. The largest absolute Gasteiger partial charge is 0.481 e. The van der Waals surface area contributed by atoms with Crippen LogP contribution in [0.2, 0.25) is 0 Å². The van der Waals surface area contributed by atoms with Crippen molar-refractivity contribution >= 4 is 22.6 Å². The monoisotopic (exact) mass is 333 g/mol. The first-order chi connectivity index (χ1) is 11.3. The van der Waals surface area contributed by atoms with Crippen LogP contribution in [-0.4, -0.2) is 45.3 Å². The lowest BCUT2D eigenvalue weighted by molar-refractivity contribution is -0.142. The van der Waals surface area contributed by atoms with Crippen LogP contribution in [0, 0.1) is 5.92 Å². The minimum absolute atomic E-state index is 0.0168. The van der Waals surface area contributed by atoms with Gasteiger partial charge in [0.2, 0.25) is 5.91 Å². The molecule has 128 valence electrons. The van der Waals surface area contributed by atoms with E-state index in [-0.39, 0.29) is 31.0 Å². The molecule has 1 atom stereocenters. The Morgan fingerprint density at radius 2 is 1.88 bits per heavy atom. The van der Waals surface area contributed by atoms with Crippen LogP contribution in [-0.2, 0) is 16.1 Å². The SMILES string of the molecule is CC(CN(C)C(=O)CCn1[nH]c(=O)c2ccccc2c1=O)C(=O)O. The summed E-state index contributed by atoms with van der Waals surface area (Å²) in [6.45, 7) is 1.61. The van der Waals surface area contributed by atoms with Crippen LogP contribution in [0.25, 0.3) is 10.8 Å². The molecule has 0 saturated heterocycles. The van der Waals surface area contributed by atoms with Gasteiger partial charge in [0.05, 0.1) is 23.2 Å². The van der Waals surface area contributed by atoms with Gasteiger partial charge >= 0.3 is 5.97 Å². The van der Waals surface area contributed by atoms with Crippen LogP contribution in [0.4, 0.5) is 0 Å². The predicted molar refractivity (Wildman–Crippen MR) is 87.9 cm³/mol. The maximum absolute atomic E-state index is 12.3. The summed E-state index contributed by atoms with van der Waals surface area (Å²) >= 11 is 0. The van der Waals surface area contributed by atoms with Gasteiger partial charge in [-0.1, -0.05) is 19.1 Å². The highest BCUT2D eigenvalue weighted by atomic mass is 16.4. The normalized spacial score (nSPS) is 12.1. The molecule has 0 aliphatic carbocycles. The summed E-state index contributed by atoms with van der Waals surface area (Å²) in [6, 6.07) is 6.46. The van der Waals surface area contributed by atoms with Crippen molar-refractivity contribution in [3.8, 4) is 0 Å². The van der Waals surface area contributed by atoms with Crippen molar-refractivity contribution in [1.82, 2.24) is 14.7 Å². The van der Waals surface area contributed by atoms with E-state index in [1.807, 2.05) is 0 Å². The van der Waals surface area contributed by atoms with Crippen LogP contribution in [0.5, 0.6) is 0 Å². The Bertz CT molecular complexity index is 883. The molecule has 0 fully saturated rings. The molecule has 8 nitrogen and oxygen atoms in total. The lowest BCUT2D eigenvalue weighted by atomic mass is 10.1. The molecule has 0 aliphatic rings. The van der Waals surface area contributed by atoms with Crippen molar-refractivity contribution in [1.29, 1.82) is 0 Å². The second-order valence-corrected chi connectivity index (χ2v) is 5.71. The zero-order chi connectivity index (χ0) is 17.9. The van der Waals surface area contributed by atoms with E-state index in [2.05, 4.69) is 5.10 Å². The lowest BCUT2D eigenvalue weighted by Crippen LogP contribution is -2.36. The van der Waals surface area contributed by atoms with Gasteiger partial charge in [0.1, 0.15) is 0 Å². The van der Waals surface area contributed by atoms with E-state index in [0.717, 1.165) is 4.68 Å². The number of aliphatic carboxylic acids is 1. The van der Waals surface area contributed by atoms with E-state index in [9.17, 15) is 19.2 Å². The van der Waals surface area contributed by atoms with Crippen LogP contribution >= 0.6 is 0 Å². The summed E-state index contributed by atoms with van der Waals surface area (Å²) in [5.41, 5.74) is -0.773. The number of rotatable bonds is 6. The number of amides is 1. The van der Waals surface area contributed by atoms with Crippen molar-refractivity contribution in [2.24, 2.45) is 5.92 Å². The molecule has 0 bridgehead atoms. The summed E-state index contributed by atoms with van der Waals surface area (Å²) in [7, 11) is 1.51. The number of carbonyl (C=O) groups is 2. The number of carboxylic acids is 1. The fourth-order valence-electron chi connectivity index (χ4n) is 2.39. The first-order valence-corrected chi connectivity index (χ1v) is 7.50. The van der Waals surface area contributed by atoms with Crippen molar-refractivity contribution in [2.75, 3.05) is 13.6 Å². The summed E-state index contributed by atoms with van der Waals surface area (Å²) in [5, 5.41) is 11.9. The van der Waals surface area contributed by atoms with Crippen molar-refractivity contribution in [3.05, 3.63) is 45.0 Å². The molecule has 2 rings (SSSR count). The molecule has 0 spiro atoms. The number of carboxylic acid groups (broad SMARTS) is 1. The van der Waals surface area contributed by atoms with Gasteiger partial charge in [-0.3, -0.25) is 24.3 Å². The Balaban J connectivity index is 2.12. The number of nitrogens with one attached hydrogen (secondary N) is 1. The molecule has 0 aliphatic heterocycles. The lowest BCUT2D eigenvalue weighted by Gasteiger charge is -2.19. The Labute approximate surface area is 137 Å². The third-order valence-corrected chi connectivity index (χ3v) is 3.83. The second kappa shape index (κ2) is 7.12. The molecular weight excluding hydrogens is 314 g/mol. The highest BCUT2D eigenvalue weighted by molar-refractivity contribution is 5.80. The zero-order valence-corrected chi connectivity index (χ0v) is 13.5. The fourth-order valence-corrected chi connectivity index (χ4v) is 2.39. The van der Waals surface area contributed by atoms with E-state index >= 15 is 0 Å². The second-order valence-electron chi connectivity index (χ2n) is 5.71. The molecular formula is C16H19N3O5. The first-order valence-electron chi connectivity index (χ1n) is 7.50. The van der Waals surface area contributed by atoms with E-state index < -0.39 is 17.4 Å². The minimum Gasteiger partial charge on any atom is -0.481 e. The zero-order valence-electron chi connectivity index (χ0n) is 13.5. The Morgan fingerprint density at radius 1 is 1.25 bits per heavy atom. The standard InChI is InChI=1S/C16H19N3O5/c1-10(16(23)24)9-18(2)13(20)7-8-19-15(22)12-6-4-3-5-11(12)14(21)17-19/h3-6,10H,7-9H2,1-2H3,(H,17,21)(H,23,24). The van der Waals surface area contributed by atoms with E-state index in [1.54, 1.807) is 24.3 Å². The fraction of sp³-hybridized carbons (Fsp3) is 0.375. The Kier molecular flexibility index (Phi) is 5.18. The van der Waals surface area contributed by atoms with Gasteiger partial charge in [-0.25, -0.2) is 4.68 Å². The molecule has 2 N–H and O–H groups in total. The first kappa shape index (κ1) is 17.5. The van der Waals surface area contributed by atoms with E-state index in [4.69, 9.17) is 5.11 Å². The summed E-state index contributed by atoms with van der Waals surface area (Å²) in [4.78, 5) is 48.5. The van der Waals surface area contributed by atoms with Crippen LogP contribution in [0.15, 0.2) is 33.9 Å². The topological polar surface area (TPSA) is 112 Å². The highest BCUT2D eigenvalue weighted by Gasteiger charge is 2.17. The Morgan fingerprint density at radius 3 is 2.50 bits per heavy atom. The summed E-state index contributed by atoms with van der Waals surface area (Å²) < 4.78 is 1.11.